The summed E-state index contributed by atoms with van der Waals surface area (Å²) in [5.41, 5.74) is 1.01. The van der Waals surface area contributed by atoms with Crippen LogP contribution < -0.4 is 4.74 Å². The molecule has 2 heterocycles. The summed E-state index contributed by atoms with van der Waals surface area (Å²) >= 11 is 5.71. The first-order chi connectivity index (χ1) is 7.84. The van der Waals surface area contributed by atoms with Crippen LogP contribution in [0.25, 0.3) is 0 Å². The Morgan fingerprint density at radius 3 is 2.75 bits per heavy atom. The van der Waals surface area contributed by atoms with Crippen LogP contribution in [0.2, 0.25) is 5.02 Å². The quantitative estimate of drug-likeness (QED) is 0.816. The van der Waals surface area contributed by atoms with Crippen molar-refractivity contribution >= 4 is 11.6 Å². The Kier molecular flexibility index (Phi) is 3.72. The monoisotopic (exact) mass is 234 g/mol. The van der Waals surface area contributed by atoms with Gasteiger partial charge in [-0.2, -0.15) is 0 Å². The van der Waals surface area contributed by atoms with Crippen LogP contribution in [0.3, 0.4) is 0 Å². The van der Waals surface area contributed by atoms with Crippen molar-refractivity contribution in [2.24, 2.45) is 0 Å². The maximum atomic E-state index is 5.71. The van der Waals surface area contributed by atoms with Gasteiger partial charge in [-0.3, -0.25) is 4.98 Å². The van der Waals surface area contributed by atoms with Crippen molar-refractivity contribution in [2.75, 3.05) is 6.61 Å². The summed E-state index contributed by atoms with van der Waals surface area (Å²) in [6.07, 6.45) is 4.11. The Morgan fingerprint density at radius 2 is 2.06 bits per heavy atom. The largest absolute Gasteiger partial charge is 0.477 e. The highest BCUT2D eigenvalue weighted by molar-refractivity contribution is 6.30. The molecule has 0 amide bonds. The van der Waals surface area contributed by atoms with Crippen LogP contribution in [0.5, 0.6) is 5.88 Å². The number of hydrogen-bond donors (Lipinski definition) is 0. The summed E-state index contributed by atoms with van der Waals surface area (Å²) in [5.74, 6) is 0.584. The van der Waals surface area contributed by atoms with Gasteiger partial charge in [-0.15, -0.1) is 0 Å². The normalized spacial score (nSPS) is 10.1. The summed E-state index contributed by atoms with van der Waals surface area (Å²) in [4.78, 5) is 8.24. The van der Waals surface area contributed by atoms with Crippen LogP contribution in [0, 0.1) is 0 Å². The van der Waals surface area contributed by atoms with Crippen LogP contribution in [0.4, 0.5) is 0 Å². The Labute approximate surface area is 99.1 Å². The lowest BCUT2D eigenvalue weighted by atomic mass is 10.3. The fourth-order valence-corrected chi connectivity index (χ4v) is 1.37. The van der Waals surface area contributed by atoms with Crippen molar-refractivity contribution in [1.82, 2.24) is 9.97 Å². The molecule has 0 saturated heterocycles. The van der Waals surface area contributed by atoms with E-state index in [4.69, 9.17) is 16.3 Å². The van der Waals surface area contributed by atoms with E-state index in [9.17, 15) is 0 Å². The molecule has 0 radical (unpaired) electrons. The van der Waals surface area contributed by atoms with E-state index >= 15 is 0 Å². The maximum Gasteiger partial charge on any atom is 0.213 e. The molecule has 3 nitrogen and oxygen atoms in total. The summed E-state index contributed by atoms with van der Waals surface area (Å²) in [5, 5.41) is 0.608. The molecule has 2 rings (SSSR count). The molecule has 0 atom stereocenters. The Bertz CT molecular complexity index is 431. The molecule has 0 aliphatic carbocycles. The van der Waals surface area contributed by atoms with E-state index in [1.165, 1.54) is 0 Å². The molecule has 0 N–H and O–H groups in total. The van der Waals surface area contributed by atoms with Crippen molar-refractivity contribution < 1.29 is 4.74 Å². The molecular weight excluding hydrogens is 224 g/mol. The predicted molar refractivity (Wildman–Crippen MR) is 62.7 cm³/mol. The second-order valence-corrected chi connectivity index (χ2v) is 3.67. The standard InChI is InChI=1S/C12H11ClN2O/c13-10-4-5-12(15-9-10)16-8-6-11-3-1-2-7-14-11/h1-5,7,9H,6,8H2. The third-order valence-corrected chi connectivity index (χ3v) is 2.26. The molecule has 0 spiro atoms. The molecule has 0 fully saturated rings. The van der Waals surface area contributed by atoms with E-state index in [0.29, 0.717) is 17.5 Å². The summed E-state index contributed by atoms with van der Waals surface area (Å²) in [6.45, 7) is 0.561. The second-order valence-electron chi connectivity index (χ2n) is 3.23. The predicted octanol–water partition coefficient (Wildman–Crippen LogP) is 2.75. The van der Waals surface area contributed by atoms with Crippen LogP contribution in [0.15, 0.2) is 42.7 Å². The zero-order valence-corrected chi connectivity index (χ0v) is 9.39. The topological polar surface area (TPSA) is 35.0 Å². The van der Waals surface area contributed by atoms with Gasteiger partial charge >= 0.3 is 0 Å². The fraction of sp³-hybridized carbons (Fsp3) is 0.167. The lowest BCUT2D eigenvalue weighted by Gasteiger charge is -2.04. The summed E-state index contributed by atoms with van der Waals surface area (Å²) in [6, 6.07) is 9.33. The van der Waals surface area contributed by atoms with Crippen molar-refractivity contribution in [3.8, 4) is 5.88 Å². The first kappa shape index (κ1) is 10.9. The zero-order valence-electron chi connectivity index (χ0n) is 8.64. The lowest BCUT2D eigenvalue weighted by Crippen LogP contribution is -2.03. The van der Waals surface area contributed by atoms with Gasteiger partial charge in [0.1, 0.15) is 0 Å². The van der Waals surface area contributed by atoms with E-state index in [1.807, 2.05) is 18.2 Å². The van der Waals surface area contributed by atoms with Gasteiger partial charge in [0.25, 0.3) is 0 Å². The fourth-order valence-electron chi connectivity index (χ4n) is 1.25. The van der Waals surface area contributed by atoms with Gasteiger partial charge in [0.05, 0.1) is 11.6 Å². The minimum absolute atomic E-state index is 0.561. The second kappa shape index (κ2) is 5.47. The van der Waals surface area contributed by atoms with E-state index in [2.05, 4.69) is 9.97 Å². The van der Waals surface area contributed by atoms with E-state index in [-0.39, 0.29) is 0 Å². The Morgan fingerprint density at radius 1 is 1.12 bits per heavy atom. The number of hydrogen-bond acceptors (Lipinski definition) is 3. The third-order valence-electron chi connectivity index (χ3n) is 2.03. The van der Waals surface area contributed by atoms with Gasteiger partial charge in [0, 0.05) is 30.6 Å². The van der Waals surface area contributed by atoms with Gasteiger partial charge in [0.15, 0.2) is 0 Å². The van der Waals surface area contributed by atoms with E-state index in [0.717, 1.165) is 12.1 Å². The molecule has 0 unspecified atom stereocenters. The van der Waals surface area contributed by atoms with Gasteiger partial charge < -0.3 is 4.74 Å². The van der Waals surface area contributed by atoms with Gasteiger partial charge in [-0.1, -0.05) is 17.7 Å². The highest BCUT2D eigenvalue weighted by atomic mass is 35.5. The van der Waals surface area contributed by atoms with Crippen molar-refractivity contribution in [3.05, 3.63) is 53.4 Å². The number of ether oxygens (including phenoxy) is 1. The van der Waals surface area contributed by atoms with Gasteiger partial charge in [-0.05, 0) is 18.2 Å². The highest BCUT2D eigenvalue weighted by Crippen LogP contribution is 2.11. The molecule has 2 aromatic rings. The molecule has 0 saturated carbocycles. The summed E-state index contributed by atoms with van der Waals surface area (Å²) < 4.78 is 5.46. The number of rotatable bonds is 4. The number of pyridine rings is 2. The SMILES string of the molecule is Clc1ccc(OCCc2ccccn2)nc1. The van der Waals surface area contributed by atoms with E-state index in [1.54, 1.807) is 24.5 Å². The molecule has 2 aromatic heterocycles. The Balaban J connectivity index is 1.82. The smallest absolute Gasteiger partial charge is 0.213 e. The molecule has 0 aliphatic rings. The van der Waals surface area contributed by atoms with E-state index < -0.39 is 0 Å². The number of nitrogens with zero attached hydrogens (tertiary/aromatic N) is 2. The molecule has 0 aromatic carbocycles. The molecule has 0 aliphatic heterocycles. The van der Waals surface area contributed by atoms with Crippen LogP contribution in [0.1, 0.15) is 5.69 Å². The average Bonchev–Trinajstić information content (AvgIpc) is 2.33. The Hall–Kier alpha value is -1.61. The zero-order chi connectivity index (χ0) is 11.2. The van der Waals surface area contributed by atoms with Crippen LogP contribution >= 0.6 is 11.6 Å². The first-order valence-electron chi connectivity index (χ1n) is 4.99. The maximum absolute atomic E-state index is 5.71. The average molecular weight is 235 g/mol. The summed E-state index contributed by atoms with van der Waals surface area (Å²) in [7, 11) is 0. The molecule has 4 heteroatoms. The first-order valence-corrected chi connectivity index (χ1v) is 5.36. The van der Waals surface area contributed by atoms with Crippen molar-refractivity contribution in [3.63, 3.8) is 0 Å². The van der Waals surface area contributed by atoms with Crippen molar-refractivity contribution in [2.45, 2.75) is 6.42 Å². The molecule has 0 bridgehead atoms. The highest BCUT2D eigenvalue weighted by Gasteiger charge is 1.97. The van der Waals surface area contributed by atoms with Gasteiger partial charge in [0.2, 0.25) is 5.88 Å². The number of halogens is 1. The molecule has 82 valence electrons. The minimum Gasteiger partial charge on any atom is -0.477 e. The molecular formula is C12H11ClN2O. The number of aromatic nitrogens is 2. The van der Waals surface area contributed by atoms with Gasteiger partial charge in [-0.25, -0.2) is 4.98 Å². The van der Waals surface area contributed by atoms with Crippen molar-refractivity contribution in [1.29, 1.82) is 0 Å². The van der Waals surface area contributed by atoms with Crippen LogP contribution in [-0.4, -0.2) is 16.6 Å². The molecule has 16 heavy (non-hydrogen) atoms. The van der Waals surface area contributed by atoms with Crippen LogP contribution in [-0.2, 0) is 6.42 Å². The third kappa shape index (κ3) is 3.21. The lowest BCUT2D eigenvalue weighted by molar-refractivity contribution is 0.308. The minimum atomic E-state index is 0.561.